The molecule has 0 saturated carbocycles. The van der Waals surface area contributed by atoms with Crippen molar-refractivity contribution in [2.75, 3.05) is 5.88 Å². The normalized spacial score (nSPS) is 13.7. The fourth-order valence-electron chi connectivity index (χ4n) is 1.96. The molecule has 1 aromatic carbocycles. The largest absolute Gasteiger partial charge is 0.126 e. The van der Waals surface area contributed by atoms with Gasteiger partial charge in [0.1, 0.15) is 0 Å². The van der Waals surface area contributed by atoms with Crippen molar-refractivity contribution in [3.05, 3.63) is 34.9 Å². The number of rotatable bonds is 2. The van der Waals surface area contributed by atoms with Gasteiger partial charge in [-0.2, -0.15) is 0 Å². The van der Waals surface area contributed by atoms with Gasteiger partial charge in [-0.15, -0.1) is 11.6 Å². The molecular formula is C18H29Cl. The molecule has 0 aliphatic carbocycles. The van der Waals surface area contributed by atoms with Crippen LogP contribution in [-0.2, 0) is 16.2 Å². The Hall–Kier alpha value is -0.490. The van der Waals surface area contributed by atoms with Crippen LogP contribution in [0.2, 0.25) is 0 Å². The predicted molar refractivity (Wildman–Crippen MR) is 87.6 cm³/mol. The highest BCUT2D eigenvalue weighted by atomic mass is 35.5. The Labute approximate surface area is 124 Å². The second-order valence-electron chi connectivity index (χ2n) is 8.32. The summed E-state index contributed by atoms with van der Waals surface area (Å²) in [6.07, 6.45) is 0. The van der Waals surface area contributed by atoms with Gasteiger partial charge in [0, 0.05) is 11.3 Å². The summed E-state index contributed by atoms with van der Waals surface area (Å²) in [5.41, 5.74) is 4.49. The summed E-state index contributed by atoms with van der Waals surface area (Å²) in [5, 5.41) is 0. The predicted octanol–water partition coefficient (Wildman–Crippen LogP) is 5.80. The van der Waals surface area contributed by atoms with E-state index in [1.165, 1.54) is 16.7 Å². The first-order valence-electron chi connectivity index (χ1n) is 7.10. The molecule has 0 saturated heterocycles. The van der Waals surface area contributed by atoms with Crippen LogP contribution >= 0.6 is 11.6 Å². The first kappa shape index (κ1) is 16.6. The molecule has 1 heteroatoms. The van der Waals surface area contributed by atoms with E-state index >= 15 is 0 Å². The number of benzene rings is 1. The van der Waals surface area contributed by atoms with E-state index in [0.717, 1.165) is 0 Å². The lowest BCUT2D eigenvalue weighted by molar-refractivity contribution is 0.550. The smallest absolute Gasteiger partial charge is 0.0315 e. The molecule has 0 amide bonds. The third-order valence-electron chi connectivity index (χ3n) is 3.78. The van der Waals surface area contributed by atoms with Gasteiger partial charge in [-0.1, -0.05) is 73.6 Å². The lowest BCUT2D eigenvalue weighted by atomic mass is 9.75. The van der Waals surface area contributed by atoms with E-state index in [2.05, 4.69) is 73.6 Å². The van der Waals surface area contributed by atoms with E-state index < -0.39 is 0 Å². The molecule has 0 aromatic heterocycles. The van der Waals surface area contributed by atoms with Gasteiger partial charge in [0.05, 0.1) is 0 Å². The molecule has 0 heterocycles. The van der Waals surface area contributed by atoms with Crippen LogP contribution in [0.15, 0.2) is 18.2 Å². The zero-order valence-corrected chi connectivity index (χ0v) is 14.6. The molecule has 0 bridgehead atoms. The zero-order valence-electron chi connectivity index (χ0n) is 13.8. The highest BCUT2D eigenvalue weighted by molar-refractivity contribution is 6.18. The van der Waals surface area contributed by atoms with Crippen molar-refractivity contribution in [1.29, 1.82) is 0 Å². The quantitative estimate of drug-likeness (QED) is 0.601. The van der Waals surface area contributed by atoms with Gasteiger partial charge in [-0.3, -0.25) is 0 Å². The van der Waals surface area contributed by atoms with Gasteiger partial charge in [0.15, 0.2) is 0 Å². The second-order valence-corrected chi connectivity index (χ2v) is 8.58. The summed E-state index contributed by atoms with van der Waals surface area (Å²) in [6, 6.07) is 7.02. The molecule has 0 N–H and O–H groups in total. The van der Waals surface area contributed by atoms with Crippen molar-refractivity contribution in [1.82, 2.24) is 0 Å². The van der Waals surface area contributed by atoms with Crippen LogP contribution < -0.4 is 0 Å². The summed E-state index contributed by atoms with van der Waals surface area (Å²) in [7, 11) is 0. The Morgan fingerprint density at radius 3 is 1.26 bits per heavy atom. The number of hydrogen-bond donors (Lipinski definition) is 0. The zero-order chi connectivity index (χ0) is 15.1. The molecule has 0 aliphatic heterocycles. The molecule has 0 atom stereocenters. The van der Waals surface area contributed by atoms with Crippen LogP contribution in [0, 0.1) is 0 Å². The van der Waals surface area contributed by atoms with Crippen LogP contribution in [0.4, 0.5) is 0 Å². The third-order valence-corrected chi connectivity index (χ3v) is 4.45. The Morgan fingerprint density at radius 2 is 1.00 bits per heavy atom. The molecule has 1 rings (SSSR count). The molecule has 1 aromatic rings. The van der Waals surface area contributed by atoms with Crippen molar-refractivity contribution in [2.24, 2.45) is 0 Å². The van der Waals surface area contributed by atoms with Gasteiger partial charge >= 0.3 is 0 Å². The molecule has 0 fully saturated rings. The molecule has 0 nitrogen and oxygen atoms in total. The lowest BCUT2D eigenvalue weighted by Crippen LogP contribution is -2.23. The Bertz CT molecular complexity index is 409. The molecule has 0 unspecified atom stereocenters. The monoisotopic (exact) mass is 280 g/mol. The Balaban J connectivity index is 3.51. The van der Waals surface area contributed by atoms with E-state index in [4.69, 9.17) is 11.6 Å². The minimum Gasteiger partial charge on any atom is -0.126 e. The molecule has 108 valence electrons. The minimum absolute atomic E-state index is 0.0167. The van der Waals surface area contributed by atoms with Crippen molar-refractivity contribution in [3.8, 4) is 0 Å². The van der Waals surface area contributed by atoms with Crippen LogP contribution in [0.3, 0.4) is 0 Å². The lowest BCUT2D eigenvalue weighted by Gasteiger charge is -2.30. The van der Waals surface area contributed by atoms with Gasteiger partial charge < -0.3 is 0 Å². The standard InChI is InChI=1S/C18H29Cl/c1-16(2,3)13-9-14(17(4,5)6)11-15(10-13)18(7,8)12-19/h9-11H,12H2,1-8H3. The topological polar surface area (TPSA) is 0 Å². The molecule has 0 radical (unpaired) electrons. The van der Waals surface area contributed by atoms with Crippen LogP contribution in [0.1, 0.15) is 72.1 Å². The summed E-state index contributed by atoms with van der Waals surface area (Å²) in [4.78, 5) is 0. The molecule has 0 spiro atoms. The van der Waals surface area contributed by atoms with Crippen molar-refractivity contribution >= 4 is 11.6 Å². The van der Waals surface area contributed by atoms with Crippen LogP contribution in [0.25, 0.3) is 0 Å². The first-order valence-corrected chi connectivity index (χ1v) is 7.64. The average molecular weight is 281 g/mol. The molecular weight excluding hydrogens is 252 g/mol. The summed E-state index contributed by atoms with van der Waals surface area (Å²) < 4.78 is 0. The van der Waals surface area contributed by atoms with Gasteiger partial charge in [-0.25, -0.2) is 0 Å². The minimum atomic E-state index is 0.0167. The number of halogens is 1. The maximum atomic E-state index is 6.16. The summed E-state index contributed by atoms with van der Waals surface area (Å²) >= 11 is 6.16. The SMILES string of the molecule is CC(C)(C)c1cc(C(C)(C)C)cc(C(C)(C)CCl)c1. The second kappa shape index (κ2) is 5.13. The van der Waals surface area contributed by atoms with Crippen molar-refractivity contribution in [2.45, 2.75) is 71.6 Å². The highest BCUT2D eigenvalue weighted by Crippen LogP contribution is 2.34. The maximum Gasteiger partial charge on any atom is 0.0315 e. The van der Waals surface area contributed by atoms with Crippen molar-refractivity contribution < 1.29 is 0 Å². The Morgan fingerprint density at radius 1 is 0.684 bits per heavy atom. The summed E-state index contributed by atoms with van der Waals surface area (Å²) in [6.45, 7) is 18.1. The molecule has 19 heavy (non-hydrogen) atoms. The van der Waals surface area contributed by atoms with Crippen LogP contribution in [0.5, 0.6) is 0 Å². The van der Waals surface area contributed by atoms with E-state index in [-0.39, 0.29) is 16.2 Å². The fraction of sp³-hybridized carbons (Fsp3) is 0.667. The van der Waals surface area contributed by atoms with Crippen LogP contribution in [-0.4, -0.2) is 5.88 Å². The van der Waals surface area contributed by atoms with Gasteiger partial charge in [-0.05, 0) is 27.5 Å². The van der Waals surface area contributed by atoms with Gasteiger partial charge in [0.25, 0.3) is 0 Å². The number of alkyl halides is 1. The van der Waals surface area contributed by atoms with Crippen molar-refractivity contribution in [3.63, 3.8) is 0 Å². The van der Waals surface area contributed by atoms with Gasteiger partial charge in [0.2, 0.25) is 0 Å². The van der Waals surface area contributed by atoms with E-state index in [9.17, 15) is 0 Å². The maximum absolute atomic E-state index is 6.16. The number of hydrogen-bond acceptors (Lipinski definition) is 0. The van der Waals surface area contributed by atoms with E-state index in [1.54, 1.807) is 0 Å². The Kier molecular flexibility index (Phi) is 4.47. The third kappa shape index (κ3) is 3.99. The van der Waals surface area contributed by atoms with E-state index in [0.29, 0.717) is 5.88 Å². The first-order chi connectivity index (χ1) is 8.38. The summed E-state index contributed by atoms with van der Waals surface area (Å²) in [5.74, 6) is 0.643. The molecule has 0 aliphatic rings. The van der Waals surface area contributed by atoms with E-state index in [1.807, 2.05) is 0 Å². The average Bonchev–Trinajstić information content (AvgIpc) is 2.26. The fourth-order valence-corrected chi connectivity index (χ4v) is 2.12. The highest BCUT2D eigenvalue weighted by Gasteiger charge is 2.26.